The molecular weight excluding hydrogens is 440 g/mol. The molecule has 0 bridgehead atoms. The molecule has 2 aliphatic carbocycles. The van der Waals surface area contributed by atoms with Gasteiger partial charge in [-0.15, -0.1) is 0 Å². The minimum absolute atomic E-state index is 0.0603. The van der Waals surface area contributed by atoms with Gasteiger partial charge in [0.25, 0.3) is 0 Å². The molecule has 1 atom stereocenters. The summed E-state index contributed by atoms with van der Waals surface area (Å²) in [5, 5.41) is 22.8. The second-order valence-corrected chi connectivity index (χ2v) is 11.2. The van der Waals surface area contributed by atoms with Crippen LogP contribution in [0, 0.1) is 22.7 Å². The Morgan fingerprint density at radius 3 is 2.54 bits per heavy atom. The molecule has 2 amide bonds. The smallest absolute Gasteiger partial charge is 0.230 e. The molecule has 5 rings (SSSR count). The molecule has 2 N–H and O–H groups in total. The van der Waals surface area contributed by atoms with E-state index in [1.165, 1.54) is 6.42 Å². The zero-order valence-corrected chi connectivity index (χ0v) is 20.7. The number of carbonyl (C=O) groups is 2. The lowest BCUT2D eigenvalue weighted by molar-refractivity contribution is -0.139. The Morgan fingerprint density at radius 1 is 1.03 bits per heavy atom. The first-order valence-electron chi connectivity index (χ1n) is 13.6. The highest BCUT2D eigenvalue weighted by Crippen LogP contribution is 2.44. The number of carbonyl (C=O) groups excluding carboxylic acids is 2. The Labute approximate surface area is 208 Å². The van der Waals surface area contributed by atoms with Crippen LogP contribution in [0.3, 0.4) is 0 Å². The van der Waals surface area contributed by atoms with Crippen LogP contribution in [0.5, 0.6) is 0 Å². The lowest BCUT2D eigenvalue weighted by atomic mass is 9.78. The molecule has 7 heteroatoms. The van der Waals surface area contributed by atoms with E-state index in [0.29, 0.717) is 17.8 Å². The van der Waals surface area contributed by atoms with E-state index in [4.69, 9.17) is 0 Å². The van der Waals surface area contributed by atoms with Crippen LogP contribution in [0.1, 0.15) is 82.6 Å². The molecule has 0 aromatic heterocycles. The first kappa shape index (κ1) is 24.1. The van der Waals surface area contributed by atoms with Crippen LogP contribution in [0.4, 0.5) is 11.4 Å². The quantitative estimate of drug-likeness (QED) is 0.676. The van der Waals surface area contributed by atoms with Crippen LogP contribution >= 0.6 is 0 Å². The molecule has 1 unspecified atom stereocenters. The third-order valence-electron chi connectivity index (χ3n) is 8.93. The number of hydrogen-bond acceptors (Lipinski definition) is 5. The fourth-order valence-electron chi connectivity index (χ4n) is 6.87. The maximum atomic E-state index is 13.6. The van der Waals surface area contributed by atoms with Gasteiger partial charge in [0.2, 0.25) is 11.8 Å². The number of nitrogens with zero attached hydrogens (tertiary/aromatic N) is 3. The number of aliphatic hydroxyl groups excluding tert-OH is 1. The number of aliphatic hydroxyl groups is 1. The summed E-state index contributed by atoms with van der Waals surface area (Å²) in [6, 6.07) is 8.20. The summed E-state index contributed by atoms with van der Waals surface area (Å²) >= 11 is 0. The predicted molar refractivity (Wildman–Crippen MR) is 135 cm³/mol. The van der Waals surface area contributed by atoms with Gasteiger partial charge in [-0.2, -0.15) is 5.26 Å². The summed E-state index contributed by atoms with van der Waals surface area (Å²) in [6.45, 7) is 2.26. The number of amides is 2. The molecular formula is C28H38N4O3. The average Bonchev–Trinajstić information content (AvgIpc) is 3.19. The van der Waals surface area contributed by atoms with E-state index >= 15 is 0 Å². The van der Waals surface area contributed by atoms with Gasteiger partial charge in [-0.1, -0.05) is 19.3 Å². The van der Waals surface area contributed by atoms with Crippen LogP contribution in [0.15, 0.2) is 18.2 Å². The molecule has 2 heterocycles. The van der Waals surface area contributed by atoms with Crippen molar-refractivity contribution in [2.45, 2.75) is 89.2 Å². The average molecular weight is 479 g/mol. The number of hydrogen-bond donors (Lipinski definition) is 2. The van der Waals surface area contributed by atoms with Crippen LogP contribution < -0.4 is 10.2 Å². The molecule has 2 saturated heterocycles. The second kappa shape index (κ2) is 10.2. The van der Waals surface area contributed by atoms with Crippen molar-refractivity contribution < 1.29 is 14.7 Å². The van der Waals surface area contributed by atoms with Crippen molar-refractivity contribution in [3.63, 3.8) is 0 Å². The maximum absolute atomic E-state index is 13.6. The van der Waals surface area contributed by atoms with Gasteiger partial charge in [0.15, 0.2) is 0 Å². The largest absolute Gasteiger partial charge is 0.393 e. The Hall–Kier alpha value is -2.59. The minimum Gasteiger partial charge on any atom is -0.393 e. The molecule has 4 aliphatic rings. The van der Waals surface area contributed by atoms with Gasteiger partial charge in [-0.25, -0.2) is 0 Å². The molecule has 188 valence electrons. The Morgan fingerprint density at radius 2 is 1.80 bits per heavy atom. The predicted octanol–water partition coefficient (Wildman–Crippen LogP) is 4.20. The van der Waals surface area contributed by atoms with E-state index in [-0.39, 0.29) is 35.3 Å². The Kier molecular flexibility index (Phi) is 7.02. The number of nitriles is 1. The van der Waals surface area contributed by atoms with Gasteiger partial charge >= 0.3 is 0 Å². The van der Waals surface area contributed by atoms with E-state index in [0.717, 1.165) is 89.4 Å². The maximum Gasteiger partial charge on any atom is 0.230 e. The van der Waals surface area contributed by atoms with Crippen molar-refractivity contribution in [3.8, 4) is 6.07 Å². The molecule has 4 fully saturated rings. The highest BCUT2D eigenvalue weighted by atomic mass is 16.3. The van der Waals surface area contributed by atoms with E-state index in [1.54, 1.807) is 6.07 Å². The lowest BCUT2D eigenvalue weighted by Gasteiger charge is -2.41. The zero-order valence-electron chi connectivity index (χ0n) is 20.7. The second-order valence-electron chi connectivity index (χ2n) is 11.2. The van der Waals surface area contributed by atoms with Gasteiger partial charge in [0.05, 0.1) is 22.8 Å². The van der Waals surface area contributed by atoms with Crippen molar-refractivity contribution >= 4 is 23.2 Å². The van der Waals surface area contributed by atoms with Crippen LogP contribution in [0.2, 0.25) is 0 Å². The summed E-state index contributed by atoms with van der Waals surface area (Å²) in [5.74, 6) is 0.392. The van der Waals surface area contributed by atoms with Crippen molar-refractivity contribution in [3.05, 3.63) is 23.8 Å². The Bertz CT molecular complexity index is 990. The number of rotatable bonds is 4. The van der Waals surface area contributed by atoms with Crippen molar-refractivity contribution in [1.29, 1.82) is 5.26 Å². The third kappa shape index (κ3) is 4.91. The highest BCUT2D eigenvalue weighted by Gasteiger charge is 2.50. The first-order valence-corrected chi connectivity index (χ1v) is 13.6. The fourth-order valence-corrected chi connectivity index (χ4v) is 6.87. The van der Waals surface area contributed by atoms with Gasteiger partial charge < -0.3 is 20.2 Å². The van der Waals surface area contributed by atoms with Gasteiger partial charge in [0, 0.05) is 37.3 Å². The summed E-state index contributed by atoms with van der Waals surface area (Å²) in [7, 11) is 0. The van der Waals surface area contributed by atoms with E-state index in [1.807, 2.05) is 12.1 Å². The van der Waals surface area contributed by atoms with Gasteiger partial charge in [-0.3, -0.25) is 9.59 Å². The summed E-state index contributed by atoms with van der Waals surface area (Å²) < 4.78 is 0. The van der Waals surface area contributed by atoms with Crippen molar-refractivity contribution in [1.82, 2.24) is 4.90 Å². The minimum atomic E-state index is -0.380. The lowest BCUT2D eigenvalue weighted by Crippen LogP contribution is -2.50. The summed E-state index contributed by atoms with van der Waals surface area (Å²) in [6.07, 6.45) is 11.1. The topological polar surface area (TPSA) is 96.7 Å². The van der Waals surface area contributed by atoms with E-state index in [2.05, 4.69) is 21.2 Å². The molecule has 2 aliphatic heterocycles. The molecule has 7 nitrogen and oxygen atoms in total. The number of likely N-dealkylation sites (tertiary alicyclic amines) is 1. The molecule has 2 saturated carbocycles. The number of benzene rings is 1. The van der Waals surface area contributed by atoms with Crippen molar-refractivity contribution in [2.24, 2.45) is 11.3 Å². The molecule has 1 aromatic rings. The standard InChI is InChI=1S/C28H38N4O3/c29-18-21-17-22(30-26(34)20-5-2-1-3-6-20)7-12-25(21)31-15-4-13-28(19-31)14-16-32(27(28)35)23-8-10-24(33)11-9-23/h7,12,17,20,23-24,33H,1-6,8-11,13-16,19H2,(H,30,34). The summed E-state index contributed by atoms with van der Waals surface area (Å²) in [5.41, 5.74) is 1.70. The number of anilines is 2. The zero-order chi connectivity index (χ0) is 24.4. The molecule has 1 spiro atoms. The van der Waals surface area contributed by atoms with Crippen LogP contribution in [-0.2, 0) is 9.59 Å². The SMILES string of the molecule is N#Cc1cc(NC(=O)C2CCCCC2)ccc1N1CCCC2(CCN(C3CCC(O)CC3)C2=O)C1. The molecule has 35 heavy (non-hydrogen) atoms. The van der Waals surface area contributed by atoms with E-state index in [9.17, 15) is 20.0 Å². The van der Waals surface area contributed by atoms with E-state index < -0.39 is 0 Å². The fraction of sp³-hybridized carbons (Fsp3) is 0.679. The first-order chi connectivity index (χ1) is 17.0. The highest BCUT2D eigenvalue weighted by molar-refractivity contribution is 5.93. The third-order valence-corrected chi connectivity index (χ3v) is 8.93. The number of piperidine rings is 1. The van der Waals surface area contributed by atoms with Gasteiger partial charge in [0.1, 0.15) is 6.07 Å². The normalized spacial score (nSPS) is 29.9. The van der Waals surface area contributed by atoms with Crippen molar-refractivity contribution in [2.75, 3.05) is 29.9 Å². The van der Waals surface area contributed by atoms with Crippen LogP contribution in [0.25, 0.3) is 0 Å². The number of nitrogens with one attached hydrogen (secondary N) is 1. The molecule has 0 radical (unpaired) electrons. The summed E-state index contributed by atoms with van der Waals surface area (Å²) in [4.78, 5) is 30.6. The van der Waals surface area contributed by atoms with Crippen LogP contribution in [-0.4, -0.2) is 53.6 Å². The molecule has 1 aromatic carbocycles. The monoisotopic (exact) mass is 478 g/mol. The Balaban J connectivity index is 1.28. The van der Waals surface area contributed by atoms with Gasteiger partial charge in [-0.05, 0) is 76.0 Å².